The molecular formula is C12H20OS. The Hall–Kier alpha value is -0.240. The van der Waals surface area contributed by atoms with E-state index in [2.05, 4.69) is 32.9 Å². The van der Waals surface area contributed by atoms with Gasteiger partial charge < -0.3 is 0 Å². The zero-order chi connectivity index (χ0) is 10.8. The van der Waals surface area contributed by atoms with Crippen molar-refractivity contribution in [1.29, 1.82) is 0 Å². The van der Waals surface area contributed by atoms with Crippen LogP contribution in [-0.4, -0.2) is 16.3 Å². The maximum Gasteiger partial charge on any atom is 0.153 e. The highest BCUT2D eigenvalue weighted by Gasteiger charge is 2.37. The van der Waals surface area contributed by atoms with Crippen molar-refractivity contribution in [2.45, 2.75) is 45.3 Å². The number of thioether (sulfide) groups is 1. The third-order valence-corrected chi connectivity index (χ3v) is 4.20. The topological polar surface area (TPSA) is 17.1 Å². The average molecular weight is 212 g/mol. The average Bonchev–Trinajstić information content (AvgIpc) is 2.09. The summed E-state index contributed by atoms with van der Waals surface area (Å²) in [6, 6.07) is 0. The minimum atomic E-state index is -0.258. The van der Waals surface area contributed by atoms with Crippen molar-refractivity contribution in [1.82, 2.24) is 0 Å². The van der Waals surface area contributed by atoms with Crippen molar-refractivity contribution in [3.63, 3.8) is 0 Å². The van der Waals surface area contributed by atoms with E-state index < -0.39 is 0 Å². The third-order valence-electron chi connectivity index (χ3n) is 2.63. The molecule has 1 nitrogen and oxygen atoms in total. The van der Waals surface area contributed by atoms with Crippen LogP contribution in [0.2, 0.25) is 0 Å². The predicted molar refractivity (Wildman–Crippen MR) is 63.7 cm³/mol. The smallest absolute Gasteiger partial charge is 0.153 e. The van der Waals surface area contributed by atoms with Gasteiger partial charge in [-0.05, 0) is 24.5 Å². The molecule has 0 N–H and O–H groups in total. The Morgan fingerprint density at radius 1 is 1.36 bits per heavy atom. The van der Waals surface area contributed by atoms with Crippen molar-refractivity contribution < 1.29 is 4.79 Å². The van der Waals surface area contributed by atoms with E-state index in [1.165, 1.54) is 0 Å². The van der Waals surface area contributed by atoms with Crippen LogP contribution in [0.25, 0.3) is 0 Å². The molecule has 0 saturated carbocycles. The van der Waals surface area contributed by atoms with Crippen LogP contribution in [-0.2, 0) is 4.79 Å². The standard InChI is InChI=1S/C12H20OS/c1-5-8-14-12(4)7-6-11(2,3)9-10(12)13/h6-7H,5,8-9H2,1-4H3. The molecule has 2 heteroatoms. The molecule has 1 aliphatic carbocycles. The molecule has 1 atom stereocenters. The first kappa shape index (κ1) is 11.8. The van der Waals surface area contributed by atoms with Crippen LogP contribution in [0.4, 0.5) is 0 Å². The largest absolute Gasteiger partial charge is 0.298 e. The molecule has 80 valence electrons. The fourth-order valence-corrected chi connectivity index (χ4v) is 2.59. The number of carbonyl (C=O) groups is 1. The second-order valence-electron chi connectivity index (χ2n) is 4.88. The molecule has 14 heavy (non-hydrogen) atoms. The van der Waals surface area contributed by atoms with Crippen molar-refractivity contribution in [2.75, 3.05) is 5.75 Å². The Kier molecular flexibility index (Phi) is 3.46. The highest BCUT2D eigenvalue weighted by molar-refractivity contribution is 8.01. The molecular weight excluding hydrogens is 192 g/mol. The van der Waals surface area contributed by atoms with E-state index in [1.807, 2.05) is 6.92 Å². The summed E-state index contributed by atoms with van der Waals surface area (Å²) in [5.74, 6) is 1.44. The van der Waals surface area contributed by atoms with Gasteiger partial charge in [0.15, 0.2) is 5.78 Å². The molecule has 0 amide bonds. The summed E-state index contributed by atoms with van der Waals surface area (Å²) in [6.45, 7) is 8.43. The van der Waals surface area contributed by atoms with E-state index in [-0.39, 0.29) is 10.2 Å². The Bertz CT molecular complexity index is 255. The minimum Gasteiger partial charge on any atom is -0.298 e. The maximum atomic E-state index is 12.0. The van der Waals surface area contributed by atoms with Gasteiger partial charge in [-0.15, -0.1) is 11.8 Å². The molecule has 0 aromatic rings. The highest BCUT2D eigenvalue weighted by atomic mass is 32.2. The van der Waals surface area contributed by atoms with Gasteiger partial charge in [-0.25, -0.2) is 0 Å². The molecule has 1 rings (SSSR count). The van der Waals surface area contributed by atoms with Gasteiger partial charge in [0.2, 0.25) is 0 Å². The van der Waals surface area contributed by atoms with Gasteiger partial charge in [-0.3, -0.25) is 4.79 Å². The lowest BCUT2D eigenvalue weighted by atomic mass is 9.78. The van der Waals surface area contributed by atoms with E-state index in [1.54, 1.807) is 11.8 Å². The van der Waals surface area contributed by atoms with E-state index in [0.29, 0.717) is 12.2 Å². The fraction of sp³-hybridized carbons (Fsp3) is 0.750. The summed E-state index contributed by atoms with van der Waals surface area (Å²) < 4.78 is -0.258. The Morgan fingerprint density at radius 2 is 2.00 bits per heavy atom. The van der Waals surface area contributed by atoms with Crippen LogP contribution in [0.5, 0.6) is 0 Å². The molecule has 1 aliphatic rings. The second kappa shape index (κ2) is 4.09. The van der Waals surface area contributed by atoms with Gasteiger partial charge >= 0.3 is 0 Å². The van der Waals surface area contributed by atoms with E-state index in [0.717, 1.165) is 12.2 Å². The monoisotopic (exact) mass is 212 g/mol. The quantitative estimate of drug-likeness (QED) is 0.667. The number of hydrogen-bond donors (Lipinski definition) is 0. The number of ketones is 1. The van der Waals surface area contributed by atoms with Crippen LogP contribution < -0.4 is 0 Å². The third kappa shape index (κ3) is 2.63. The molecule has 0 aromatic carbocycles. The van der Waals surface area contributed by atoms with E-state index in [4.69, 9.17) is 0 Å². The van der Waals surface area contributed by atoms with E-state index in [9.17, 15) is 4.79 Å². The lowest BCUT2D eigenvalue weighted by Gasteiger charge is -2.34. The molecule has 0 aromatic heterocycles. The molecule has 0 spiro atoms. The maximum absolute atomic E-state index is 12.0. The molecule has 0 saturated heterocycles. The zero-order valence-corrected chi connectivity index (χ0v) is 10.4. The van der Waals surface area contributed by atoms with Gasteiger partial charge in [0.05, 0.1) is 4.75 Å². The normalized spacial score (nSPS) is 30.7. The highest BCUT2D eigenvalue weighted by Crippen LogP contribution is 2.39. The summed E-state index contributed by atoms with van der Waals surface area (Å²) in [5.41, 5.74) is 0.0589. The number of rotatable bonds is 3. The van der Waals surface area contributed by atoms with Gasteiger partial charge in [0.1, 0.15) is 0 Å². The Morgan fingerprint density at radius 3 is 2.50 bits per heavy atom. The van der Waals surface area contributed by atoms with Gasteiger partial charge in [-0.2, -0.15) is 0 Å². The molecule has 0 radical (unpaired) electrons. The molecule has 1 unspecified atom stereocenters. The summed E-state index contributed by atoms with van der Waals surface area (Å²) in [6.07, 6.45) is 6.09. The number of carbonyl (C=O) groups excluding carboxylic acids is 1. The second-order valence-corrected chi connectivity index (χ2v) is 6.42. The van der Waals surface area contributed by atoms with Crippen LogP contribution in [0.1, 0.15) is 40.5 Å². The number of allylic oxidation sites excluding steroid dienone is 1. The first-order valence-electron chi connectivity index (χ1n) is 5.27. The lowest BCUT2D eigenvalue weighted by molar-refractivity contribution is -0.121. The summed E-state index contributed by atoms with van der Waals surface area (Å²) in [7, 11) is 0. The summed E-state index contributed by atoms with van der Waals surface area (Å²) in [5, 5.41) is 0. The van der Waals surface area contributed by atoms with Crippen molar-refractivity contribution in [2.24, 2.45) is 5.41 Å². The SMILES string of the molecule is CCCSC1(C)C=CC(C)(C)CC1=O. The van der Waals surface area contributed by atoms with Gasteiger partial charge in [0, 0.05) is 6.42 Å². The predicted octanol–water partition coefficient (Wildman–Crippen LogP) is 3.44. The Labute approximate surface area is 91.3 Å². The number of hydrogen-bond acceptors (Lipinski definition) is 2. The first-order valence-corrected chi connectivity index (χ1v) is 6.26. The summed E-state index contributed by atoms with van der Waals surface area (Å²) in [4.78, 5) is 12.0. The van der Waals surface area contributed by atoms with Crippen molar-refractivity contribution in [3.05, 3.63) is 12.2 Å². The van der Waals surface area contributed by atoms with Gasteiger partial charge in [0.25, 0.3) is 0 Å². The molecule has 0 aliphatic heterocycles. The molecule has 0 fully saturated rings. The molecule has 0 heterocycles. The fourth-order valence-electron chi connectivity index (χ4n) is 1.57. The zero-order valence-electron chi connectivity index (χ0n) is 9.59. The van der Waals surface area contributed by atoms with Gasteiger partial charge in [-0.1, -0.05) is 32.9 Å². The Balaban J connectivity index is 2.76. The van der Waals surface area contributed by atoms with Crippen LogP contribution in [0.3, 0.4) is 0 Å². The number of Topliss-reactive ketones (excluding diaryl/α,β-unsaturated/α-hetero) is 1. The van der Waals surface area contributed by atoms with Crippen LogP contribution in [0.15, 0.2) is 12.2 Å². The van der Waals surface area contributed by atoms with Crippen molar-refractivity contribution in [3.8, 4) is 0 Å². The van der Waals surface area contributed by atoms with Crippen molar-refractivity contribution >= 4 is 17.5 Å². The molecule has 0 bridgehead atoms. The van der Waals surface area contributed by atoms with E-state index >= 15 is 0 Å². The van der Waals surface area contributed by atoms with Crippen LogP contribution in [0, 0.1) is 5.41 Å². The summed E-state index contributed by atoms with van der Waals surface area (Å²) >= 11 is 1.77. The lowest BCUT2D eigenvalue weighted by Crippen LogP contribution is -2.37. The first-order chi connectivity index (χ1) is 6.40. The van der Waals surface area contributed by atoms with Crippen LogP contribution >= 0.6 is 11.8 Å². The minimum absolute atomic E-state index is 0.0589.